The van der Waals surface area contributed by atoms with E-state index in [1.54, 1.807) is 24.3 Å². The van der Waals surface area contributed by atoms with Crippen molar-refractivity contribution in [1.82, 2.24) is 14.5 Å². The average molecular weight is 513 g/mol. The number of anilines is 1. The Kier molecular flexibility index (Phi) is 6.93. The highest BCUT2D eigenvalue weighted by molar-refractivity contribution is 7.99. The van der Waals surface area contributed by atoms with Crippen LogP contribution in [0.15, 0.2) is 50.0 Å². The number of hydrogen-bond acceptors (Lipinski definition) is 10. The normalized spacial score (nSPS) is 19.3. The molecule has 0 aliphatic carbocycles. The van der Waals surface area contributed by atoms with Crippen LogP contribution in [0, 0.1) is 22.7 Å². The highest BCUT2D eigenvalue weighted by Gasteiger charge is 2.35. The molecule has 4 rings (SSSR count). The van der Waals surface area contributed by atoms with E-state index < -0.39 is 36.3 Å². The molecule has 0 saturated carbocycles. The summed E-state index contributed by atoms with van der Waals surface area (Å²) in [5.74, 6) is -0.206. The van der Waals surface area contributed by atoms with Crippen molar-refractivity contribution < 1.29 is 14.9 Å². The summed E-state index contributed by atoms with van der Waals surface area (Å²) in [5, 5.41) is 39.8. The lowest BCUT2D eigenvalue weighted by atomic mass is 9.99. The number of aliphatic hydroxyl groups is 2. The number of nitrogens with zero attached hydrogens (tertiary/aromatic N) is 4. The third-order valence-electron chi connectivity index (χ3n) is 5.38. The first-order valence-corrected chi connectivity index (χ1v) is 11.3. The van der Waals surface area contributed by atoms with Gasteiger partial charge in [-0.05, 0) is 24.3 Å². The number of aliphatic hydroxyl groups excluding tert-OH is 2. The number of nitrogen functional groups attached to an aromatic ring is 1. The number of nitrogens with two attached hydrogens (primary N) is 1. The molecule has 3 aromatic rings. The number of nitrogens with one attached hydrogen (secondary N) is 1. The number of aromatic amines is 1. The molecule has 1 aliphatic rings. The van der Waals surface area contributed by atoms with E-state index in [0.29, 0.717) is 9.92 Å². The predicted octanol–water partition coefficient (Wildman–Crippen LogP) is 1.37. The molecule has 35 heavy (non-hydrogen) atoms. The Bertz CT molecular complexity index is 1490. The van der Waals surface area contributed by atoms with Crippen LogP contribution in [-0.2, 0) is 4.74 Å². The maximum absolute atomic E-state index is 12.8. The molecular weight excluding hydrogens is 496 g/mol. The van der Waals surface area contributed by atoms with Crippen molar-refractivity contribution in [2.75, 3.05) is 12.3 Å². The minimum Gasteiger partial charge on any atom is -0.394 e. The minimum absolute atomic E-state index is 0.0248. The number of benzene rings is 1. The van der Waals surface area contributed by atoms with Gasteiger partial charge in [-0.15, -0.1) is 0 Å². The number of pyridine rings is 1. The lowest BCUT2D eigenvalue weighted by Gasteiger charge is -2.17. The van der Waals surface area contributed by atoms with E-state index >= 15 is 0 Å². The summed E-state index contributed by atoms with van der Waals surface area (Å²) in [4.78, 5) is 32.4. The van der Waals surface area contributed by atoms with Crippen molar-refractivity contribution in [2.24, 2.45) is 0 Å². The fraction of sp³-hybridized carbons (Fsp3) is 0.227. The summed E-state index contributed by atoms with van der Waals surface area (Å²) < 4.78 is 6.56. The van der Waals surface area contributed by atoms with Crippen molar-refractivity contribution in [3.8, 4) is 23.3 Å². The van der Waals surface area contributed by atoms with Crippen LogP contribution in [0.1, 0.15) is 23.8 Å². The second-order valence-electron chi connectivity index (χ2n) is 7.53. The zero-order chi connectivity index (χ0) is 25.3. The third-order valence-corrected chi connectivity index (χ3v) is 6.62. The molecule has 2 aromatic heterocycles. The minimum atomic E-state index is -1.03. The van der Waals surface area contributed by atoms with Gasteiger partial charge in [-0.25, -0.2) is 9.78 Å². The van der Waals surface area contributed by atoms with Crippen molar-refractivity contribution in [3.05, 3.63) is 67.4 Å². The van der Waals surface area contributed by atoms with Crippen LogP contribution in [0.25, 0.3) is 11.1 Å². The van der Waals surface area contributed by atoms with Gasteiger partial charge in [0.15, 0.2) is 0 Å². The lowest BCUT2D eigenvalue weighted by Crippen LogP contribution is -2.33. The number of ether oxygens (including phenoxy) is 1. The Morgan fingerprint density at radius 2 is 1.94 bits per heavy atom. The summed E-state index contributed by atoms with van der Waals surface area (Å²) in [7, 11) is 0. The topological polar surface area (TPSA) is 191 Å². The van der Waals surface area contributed by atoms with E-state index in [2.05, 4.69) is 9.97 Å². The molecule has 5 N–H and O–H groups in total. The summed E-state index contributed by atoms with van der Waals surface area (Å²) in [5.41, 5.74) is 3.76. The first kappa shape index (κ1) is 24.5. The zero-order valence-electron chi connectivity index (χ0n) is 17.8. The number of H-pyrrole nitrogens is 1. The van der Waals surface area contributed by atoms with Gasteiger partial charge in [-0.3, -0.25) is 14.3 Å². The maximum atomic E-state index is 12.8. The van der Waals surface area contributed by atoms with Gasteiger partial charge in [0.2, 0.25) is 0 Å². The van der Waals surface area contributed by atoms with Gasteiger partial charge >= 0.3 is 5.69 Å². The third kappa shape index (κ3) is 4.66. The number of rotatable bonds is 5. The smallest absolute Gasteiger partial charge is 0.330 e. The average Bonchev–Trinajstić information content (AvgIpc) is 3.20. The van der Waals surface area contributed by atoms with E-state index in [-0.39, 0.29) is 39.5 Å². The Morgan fingerprint density at radius 1 is 1.26 bits per heavy atom. The number of hydrogen-bond donors (Lipinski definition) is 4. The molecule has 0 radical (unpaired) electrons. The Morgan fingerprint density at radius 3 is 2.54 bits per heavy atom. The lowest BCUT2D eigenvalue weighted by molar-refractivity contribution is -0.0458. The first-order chi connectivity index (χ1) is 16.8. The highest BCUT2D eigenvalue weighted by atomic mass is 35.5. The van der Waals surface area contributed by atoms with Crippen LogP contribution in [0.4, 0.5) is 5.82 Å². The highest BCUT2D eigenvalue weighted by Crippen LogP contribution is 2.37. The SMILES string of the molecule is N#Cc1c(N)nc(Sc2ccc(Cl)cc2)c(C#N)c1-c1cn([C@H]2CC(O)[C@@H](CO)O2)c(=O)[nH]c1=O. The second kappa shape index (κ2) is 9.92. The summed E-state index contributed by atoms with van der Waals surface area (Å²) in [6, 6.07) is 10.6. The largest absolute Gasteiger partial charge is 0.394 e. The molecule has 178 valence electrons. The van der Waals surface area contributed by atoms with Gasteiger partial charge in [0, 0.05) is 28.1 Å². The van der Waals surface area contributed by atoms with E-state index in [4.69, 9.17) is 22.1 Å². The van der Waals surface area contributed by atoms with Crippen LogP contribution < -0.4 is 17.0 Å². The van der Waals surface area contributed by atoms with Crippen LogP contribution in [-0.4, -0.2) is 43.6 Å². The molecule has 3 atom stereocenters. The molecule has 1 saturated heterocycles. The van der Waals surface area contributed by atoms with Crippen molar-refractivity contribution >= 4 is 29.2 Å². The van der Waals surface area contributed by atoms with Crippen LogP contribution >= 0.6 is 23.4 Å². The Hall–Kier alpha value is -3.65. The van der Waals surface area contributed by atoms with Gasteiger partial charge in [0.25, 0.3) is 5.56 Å². The molecule has 0 amide bonds. The molecule has 3 heterocycles. The summed E-state index contributed by atoms with van der Waals surface area (Å²) >= 11 is 7.01. The fourth-order valence-electron chi connectivity index (χ4n) is 3.68. The standard InChI is InChI=1S/C22H17ClN6O5S/c23-10-1-3-11(4-2-10)35-21-13(7-25)18(12(6-24)19(26)27-21)14-8-29(22(33)28-20(14)32)17-5-15(31)16(9-30)34-17/h1-4,8,15-17,30-31H,5,9H2,(H2,26,27)(H,28,32,33)/t15?,16-,17-/m1/s1. The number of nitriles is 2. The maximum Gasteiger partial charge on any atom is 0.330 e. The second-order valence-corrected chi connectivity index (χ2v) is 9.03. The molecule has 13 heteroatoms. The molecule has 1 aliphatic heterocycles. The molecule has 0 bridgehead atoms. The first-order valence-electron chi connectivity index (χ1n) is 10.1. The zero-order valence-corrected chi connectivity index (χ0v) is 19.4. The molecular formula is C22H17ClN6O5S. The number of aromatic nitrogens is 3. The molecule has 1 unspecified atom stereocenters. The van der Waals surface area contributed by atoms with Crippen LogP contribution in [0.2, 0.25) is 5.02 Å². The van der Waals surface area contributed by atoms with E-state index in [0.717, 1.165) is 22.5 Å². The summed E-state index contributed by atoms with van der Waals surface area (Å²) in [6.07, 6.45) is -1.82. The Labute approximate surface area is 207 Å². The molecule has 1 aromatic carbocycles. The van der Waals surface area contributed by atoms with Crippen molar-refractivity contribution in [2.45, 2.75) is 34.8 Å². The van der Waals surface area contributed by atoms with Gasteiger partial charge in [0.05, 0.1) is 23.8 Å². The molecule has 11 nitrogen and oxygen atoms in total. The fourth-order valence-corrected chi connectivity index (χ4v) is 4.70. The van der Waals surface area contributed by atoms with Crippen LogP contribution in [0.5, 0.6) is 0 Å². The van der Waals surface area contributed by atoms with Gasteiger partial charge < -0.3 is 20.7 Å². The van der Waals surface area contributed by atoms with E-state index in [9.17, 15) is 30.3 Å². The van der Waals surface area contributed by atoms with E-state index in [1.165, 1.54) is 0 Å². The molecule has 0 spiro atoms. The van der Waals surface area contributed by atoms with Crippen molar-refractivity contribution in [1.29, 1.82) is 10.5 Å². The van der Waals surface area contributed by atoms with Crippen LogP contribution in [0.3, 0.4) is 0 Å². The number of halogens is 1. The van der Waals surface area contributed by atoms with Gasteiger partial charge in [-0.2, -0.15) is 10.5 Å². The van der Waals surface area contributed by atoms with Crippen molar-refractivity contribution in [3.63, 3.8) is 0 Å². The van der Waals surface area contributed by atoms with Gasteiger partial charge in [0.1, 0.15) is 40.9 Å². The monoisotopic (exact) mass is 512 g/mol. The predicted molar refractivity (Wildman–Crippen MR) is 126 cm³/mol. The Balaban J connectivity index is 1.91. The molecule has 1 fully saturated rings. The quantitative estimate of drug-likeness (QED) is 0.388. The van der Waals surface area contributed by atoms with Gasteiger partial charge in [-0.1, -0.05) is 23.4 Å². The van der Waals surface area contributed by atoms with E-state index in [1.807, 2.05) is 12.1 Å². The summed E-state index contributed by atoms with van der Waals surface area (Å²) in [6.45, 7) is -0.466.